The first-order valence-corrected chi connectivity index (χ1v) is 10.3. The molecule has 0 saturated carbocycles. The van der Waals surface area contributed by atoms with Crippen molar-refractivity contribution in [1.29, 1.82) is 0 Å². The van der Waals surface area contributed by atoms with Gasteiger partial charge in [-0.15, -0.1) is 0 Å². The molecule has 2 aromatic rings. The maximum Gasteiger partial charge on any atom is 0.246 e. The molecular formula is C22H21BrN2O4. The van der Waals surface area contributed by atoms with Crippen LogP contribution >= 0.6 is 15.9 Å². The van der Waals surface area contributed by atoms with Crippen molar-refractivity contribution < 1.29 is 19.1 Å². The molecule has 150 valence electrons. The molecule has 0 spiro atoms. The Bertz CT molecular complexity index is 952. The molecule has 0 aliphatic carbocycles. The number of fused-ring (bicyclic) bond motifs is 1. The minimum absolute atomic E-state index is 0.0280. The number of anilines is 1. The van der Waals surface area contributed by atoms with Crippen LogP contribution in [0.25, 0.3) is 6.08 Å². The summed E-state index contributed by atoms with van der Waals surface area (Å²) in [5.41, 5.74) is 1.65. The van der Waals surface area contributed by atoms with E-state index in [9.17, 15) is 9.59 Å². The number of hydrogen-bond donors (Lipinski definition) is 1. The first-order valence-electron chi connectivity index (χ1n) is 9.52. The Labute approximate surface area is 177 Å². The Morgan fingerprint density at radius 1 is 1.07 bits per heavy atom. The zero-order chi connectivity index (χ0) is 20.2. The van der Waals surface area contributed by atoms with E-state index in [1.807, 2.05) is 30.3 Å². The lowest BCUT2D eigenvalue weighted by Crippen LogP contribution is -2.40. The Morgan fingerprint density at radius 2 is 1.83 bits per heavy atom. The van der Waals surface area contributed by atoms with E-state index in [0.29, 0.717) is 43.1 Å². The number of carbonyl (C=O) groups is 2. The molecule has 4 rings (SSSR count). The number of carbonyl (C=O) groups excluding carboxylic acids is 2. The number of hydrogen-bond acceptors (Lipinski definition) is 4. The summed E-state index contributed by atoms with van der Waals surface area (Å²) in [5.74, 6) is 1.15. The van der Waals surface area contributed by atoms with Gasteiger partial charge in [-0.05, 0) is 42.7 Å². The van der Waals surface area contributed by atoms with Crippen molar-refractivity contribution in [3.63, 3.8) is 0 Å². The predicted molar refractivity (Wildman–Crippen MR) is 114 cm³/mol. The lowest BCUT2D eigenvalue weighted by Gasteiger charge is -2.30. The van der Waals surface area contributed by atoms with Crippen LogP contribution in [0.5, 0.6) is 11.5 Å². The molecule has 1 fully saturated rings. The van der Waals surface area contributed by atoms with Gasteiger partial charge in [-0.2, -0.15) is 0 Å². The quantitative estimate of drug-likeness (QED) is 0.704. The standard InChI is InChI=1S/C22H21BrN2O4/c23-18-4-2-1-3-15(18)5-8-21(26)25-11-9-16(10-12-25)22(27)24-17-6-7-19-20(13-17)29-14-28-19/h1-8,13,16H,9-12,14H2,(H,24,27). The average Bonchev–Trinajstić information content (AvgIpc) is 3.21. The van der Waals surface area contributed by atoms with E-state index in [4.69, 9.17) is 9.47 Å². The molecule has 0 bridgehead atoms. The van der Waals surface area contributed by atoms with Crippen LogP contribution in [0, 0.1) is 5.92 Å². The summed E-state index contributed by atoms with van der Waals surface area (Å²) in [6.45, 7) is 1.34. The lowest BCUT2D eigenvalue weighted by atomic mass is 9.95. The second kappa shape index (κ2) is 8.69. The molecule has 1 saturated heterocycles. The van der Waals surface area contributed by atoms with Crippen LogP contribution in [0.3, 0.4) is 0 Å². The first kappa shape index (κ1) is 19.5. The maximum atomic E-state index is 12.6. The monoisotopic (exact) mass is 456 g/mol. The van der Waals surface area contributed by atoms with Crippen LogP contribution in [0.2, 0.25) is 0 Å². The third-order valence-electron chi connectivity index (χ3n) is 5.13. The van der Waals surface area contributed by atoms with E-state index in [1.165, 1.54) is 0 Å². The number of rotatable bonds is 4. The normalized spacial score (nSPS) is 16.2. The highest BCUT2D eigenvalue weighted by Crippen LogP contribution is 2.34. The molecule has 0 aromatic heterocycles. The highest BCUT2D eigenvalue weighted by molar-refractivity contribution is 9.10. The van der Waals surface area contributed by atoms with Gasteiger partial charge in [-0.25, -0.2) is 0 Å². The number of amides is 2. The van der Waals surface area contributed by atoms with E-state index >= 15 is 0 Å². The SMILES string of the molecule is O=C(Nc1ccc2c(c1)OCO2)C1CCN(C(=O)C=Cc2ccccc2Br)CC1. The summed E-state index contributed by atoms with van der Waals surface area (Å²) in [4.78, 5) is 26.8. The van der Waals surface area contributed by atoms with Crippen LogP contribution in [0.15, 0.2) is 53.0 Å². The Kier molecular flexibility index (Phi) is 5.85. The first-order chi connectivity index (χ1) is 14.1. The van der Waals surface area contributed by atoms with Crippen LogP contribution in [-0.4, -0.2) is 36.6 Å². The van der Waals surface area contributed by atoms with Gasteiger partial charge in [0.05, 0.1) is 0 Å². The van der Waals surface area contributed by atoms with E-state index < -0.39 is 0 Å². The summed E-state index contributed by atoms with van der Waals surface area (Å²) in [5, 5.41) is 2.94. The second-order valence-electron chi connectivity index (χ2n) is 7.01. The number of benzene rings is 2. The van der Waals surface area contributed by atoms with Crippen molar-refractivity contribution in [3.05, 3.63) is 58.6 Å². The highest BCUT2D eigenvalue weighted by atomic mass is 79.9. The van der Waals surface area contributed by atoms with Gasteiger partial charge in [0.15, 0.2) is 11.5 Å². The fourth-order valence-corrected chi connectivity index (χ4v) is 3.87. The summed E-state index contributed by atoms with van der Waals surface area (Å²) < 4.78 is 11.6. The average molecular weight is 457 g/mol. The molecule has 0 atom stereocenters. The van der Waals surface area contributed by atoms with Crippen LogP contribution in [0.4, 0.5) is 5.69 Å². The third kappa shape index (κ3) is 4.62. The molecule has 2 aromatic carbocycles. The van der Waals surface area contributed by atoms with Crippen molar-refractivity contribution in [2.24, 2.45) is 5.92 Å². The molecule has 1 N–H and O–H groups in total. The highest BCUT2D eigenvalue weighted by Gasteiger charge is 2.27. The van der Waals surface area contributed by atoms with Gasteiger partial charge in [0, 0.05) is 41.3 Å². The molecule has 6 nitrogen and oxygen atoms in total. The molecule has 2 aliphatic rings. The maximum absolute atomic E-state index is 12.6. The van der Waals surface area contributed by atoms with Crippen LogP contribution in [-0.2, 0) is 9.59 Å². The zero-order valence-electron chi connectivity index (χ0n) is 15.8. The number of halogens is 1. The topological polar surface area (TPSA) is 67.9 Å². The molecule has 0 unspecified atom stereocenters. The van der Waals surface area contributed by atoms with E-state index in [-0.39, 0.29) is 24.5 Å². The summed E-state index contributed by atoms with van der Waals surface area (Å²) in [6.07, 6.45) is 4.69. The third-order valence-corrected chi connectivity index (χ3v) is 5.85. The molecular weight excluding hydrogens is 436 g/mol. The zero-order valence-corrected chi connectivity index (χ0v) is 17.4. The van der Waals surface area contributed by atoms with Crippen molar-refractivity contribution in [1.82, 2.24) is 4.90 Å². The molecule has 2 aliphatic heterocycles. The van der Waals surface area contributed by atoms with Gasteiger partial charge in [-0.1, -0.05) is 34.1 Å². The summed E-state index contributed by atoms with van der Waals surface area (Å²) >= 11 is 3.47. The van der Waals surface area contributed by atoms with Crippen molar-refractivity contribution in [3.8, 4) is 11.5 Å². The fraction of sp³-hybridized carbons (Fsp3) is 0.273. The number of nitrogens with one attached hydrogen (secondary N) is 1. The smallest absolute Gasteiger partial charge is 0.246 e. The van der Waals surface area contributed by atoms with E-state index in [1.54, 1.807) is 29.2 Å². The van der Waals surface area contributed by atoms with Crippen molar-refractivity contribution >= 4 is 39.5 Å². The molecule has 29 heavy (non-hydrogen) atoms. The van der Waals surface area contributed by atoms with Gasteiger partial charge in [0.25, 0.3) is 0 Å². The van der Waals surface area contributed by atoms with Gasteiger partial charge < -0.3 is 19.7 Å². The number of ether oxygens (including phenoxy) is 2. The Hall–Kier alpha value is -2.80. The van der Waals surface area contributed by atoms with Crippen LogP contribution in [0.1, 0.15) is 18.4 Å². The number of likely N-dealkylation sites (tertiary alicyclic amines) is 1. The number of piperidine rings is 1. The largest absolute Gasteiger partial charge is 0.454 e. The van der Waals surface area contributed by atoms with Gasteiger partial charge in [0.1, 0.15) is 0 Å². The molecule has 7 heteroatoms. The minimum atomic E-state index is -0.114. The summed E-state index contributed by atoms with van der Waals surface area (Å²) in [7, 11) is 0. The van der Waals surface area contributed by atoms with E-state index in [2.05, 4.69) is 21.2 Å². The van der Waals surface area contributed by atoms with Crippen molar-refractivity contribution in [2.75, 3.05) is 25.2 Å². The molecule has 0 radical (unpaired) electrons. The summed E-state index contributed by atoms with van der Waals surface area (Å²) in [6, 6.07) is 13.1. The predicted octanol–water partition coefficient (Wildman–Crippen LogP) is 4.07. The molecule has 2 heterocycles. The van der Waals surface area contributed by atoms with Gasteiger partial charge in [-0.3, -0.25) is 9.59 Å². The fourth-order valence-electron chi connectivity index (χ4n) is 3.46. The lowest BCUT2D eigenvalue weighted by molar-refractivity contribution is -0.130. The van der Waals surface area contributed by atoms with Crippen LogP contribution < -0.4 is 14.8 Å². The van der Waals surface area contributed by atoms with Gasteiger partial charge >= 0.3 is 0 Å². The second-order valence-corrected chi connectivity index (χ2v) is 7.87. The molecule has 2 amide bonds. The minimum Gasteiger partial charge on any atom is -0.454 e. The van der Waals surface area contributed by atoms with Gasteiger partial charge in [0.2, 0.25) is 18.6 Å². The van der Waals surface area contributed by atoms with Crippen molar-refractivity contribution in [2.45, 2.75) is 12.8 Å². The Morgan fingerprint density at radius 3 is 2.62 bits per heavy atom. The Balaban J connectivity index is 1.29. The van der Waals surface area contributed by atoms with E-state index in [0.717, 1.165) is 10.0 Å². The number of nitrogens with zero attached hydrogens (tertiary/aromatic N) is 1.